The summed E-state index contributed by atoms with van der Waals surface area (Å²) >= 11 is 0. The minimum absolute atomic E-state index is 0.0152. The van der Waals surface area contributed by atoms with Crippen molar-refractivity contribution in [2.75, 3.05) is 6.54 Å². The quantitative estimate of drug-likeness (QED) is 0.423. The molecule has 0 atom stereocenters. The SMILES string of the molecule is NC(=O)N(O)CCc1nc(-c2ccc(S(N)(=O)=O)cc2)c(-c2ccccc2)o1. The van der Waals surface area contributed by atoms with Gasteiger partial charge >= 0.3 is 6.03 Å². The molecule has 0 fully saturated rings. The molecule has 146 valence electrons. The average molecular weight is 402 g/mol. The summed E-state index contributed by atoms with van der Waals surface area (Å²) in [4.78, 5) is 15.4. The predicted molar refractivity (Wildman–Crippen MR) is 101 cm³/mol. The fourth-order valence-corrected chi connectivity index (χ4v) is 3.08. The van der Waals surface area contributed by atoms with Gasteiger partial charge in [0.15, 0.2) is 11.7 Å². The van der Waals surface area contributed by atoms with Crippen LogP contribution >= 0.6 is 0 Å². The molecule has 0 saturated carbocycles. The summed E-state index contributed by atoms with van der Waals surface area (Å²) in [6.07, 6.45) is 0.133. The Morgan fingerprint density at radius 3 is 2.29 bits per heavy atom. The molecule has 0 aliphatic carbocycles. The Morgan fingerprint density at radius 1 is 1.07 bits per heavy atom. The maximum absolute atomic E-state index is 11.5. The molecule has 2 amide bonds. The Balaban J connectivity index is 2.00. The van der Waals surface area contributed by atoms with Crippen LogP contribution in [0.4, 0.5) is 4.79 Å². The molecule has 1 heterocycles. The first kappa shape index (κ1) is 19.5. The van der Waals surface area contributed by atoms with Crippen molar-refractivity contribution >= 4 is 16.1 Å². The third-order valence-electron chi connectivity index (χ3n) is 3.96. The Morgan fingerprint density at radius 2 is 1.71 bits per heavy atom. The molecule has 10 heteroatoms. The molecule has 5 N–H and O–H groups in total. The van der Waals surface area contributed by atoms with Crippen LogP contribution in [0.25, 0.3) is 22.6 Å². The van der Waals surface area contributed by atoms with Crippen LogP contribution < -0.4 is 10.9 Å². The van der Waals surface area contributed by atoms with E-state index < -0.39 is 16.1 Å². The van der Waals surface area contributed by atoms with E-state index in [9.17, 15) is 18.4 Å². The lowest BCUT2D eigenvalue weighted by atomic mass is 10.1. The highest BCUT2D eigenvalue weighted by Crippen LogP contribution is 2.33. The first-order valence-electron chi connectivity index (χ1n) is 8.20. The number of benzene rings is 2. The lowest BCUT2D eigenvalue weighted by Crippen LogP contribution is -2.34. The minimum Gasteiger partial charge on any atom is -0.440 e. The number of nitrogens with two attached hydrogens (primary N) is 2. The van der Waals surface area contributed by atoms with Gasteiger partial charge in [0, 0.05) is 17.5 Å². The van der Waals surface area contributed by atoms with E-state index in [2.05, 4.69) is 4.98 Å². The molecule has 0 radical (unpaired) electrons. The molecule has 0 bridgehead atoms. The van der Waals surface area contributed by atoms with Gasteiger partial charge in [-0.25, -0.2) is 28.4 Å². The predicted octanol–water partition coefficient (Wildman–Crippen LogP) is 1.97. The molecular formula is C18H18N4O5S. The van der Waals surface area contributed by atoms with Crippen LogP contribution in [0, 0.1) is 0 Å². The third-order valence-corrected chi connectivity index (χ3v) is 4.88. The summed E-state index contributed by atoms with van der Waals surface area (Å²) in [5, 5.41) is 14.9. The number of aromatic nitrogens is 1. The van der Waals surface area contributed by atoms with E-state index in [1.807, 2.05) is 30.3 Å². The summed E-state index contributed by atoms with van der Waals surface area (Å²) in [5.41, 5.74) is 6.87. The number of amides is 2. The van der Waals surface area contributed by atoms with Crippen LogP contribution in [0.2, 0.25) is 0 Å². The number of hydrogen-bond donors (Lipinski definition) is 3. The van der Waals surface area contributed by atoms with Crippen molar-refractivity contribution in [3.8, 4) is 22.6 Å². The van der Waals surface area contributed by atoms with Gasteiger partial charge in [-0.05, 0) is 12.1 Å². The summed E-state index contributed by atoms with van der Waals surface area (Å²) in [7, 11) is -3.81. The number of hydroxylamine groups is 2. The summed E-state index contributed by atoms with van der Waals surface area (Å²) in [6.45, 7) is -0.0894. The van der Waals surface area contributed by atoms with Gasteiger partial charge in [0.05, 0.1) is 11.4 Å². The monoisotopic (exact) mass is 402 g/mol. The van der Waals surface area contributed by atoms with E-state index >= 15 is 0 Å². The molecule has 3 aromatic rings. The van der Waals surface area contributed by atoms with Gasteiger partial charge in [-0.15, -0.1) is 0 Å². The van der Waals surface area contributed by atoms with Gasteiger partial charge in [0.2, 0.25) is 10.0 Å². The number of urea groups is 1. The van der Waals surface area contributed by atoms with Crippen molar-refractivity contribution in [1.82, 2.24) is 10.0 Å². The van der Waals surface area contributed by atoms with Crippen molar-refractivity contribution in [2.24, 2.45) is 10.9 Å². The summed E-state index contributed by atoms with van der Waals surface area (Å²) in [5.74, 6) is 0.757. The van der Waals surface area contributed by atoms with Crippen molar-refractivity contribution in [3.63, 3.8) is 0 Å². The molecule has 3 rings (SSSR count). The second-order valence-electron chi connectivity index (χ2n) is 5.93. The molecule has 0 unspecified atom stereocenters. The number of rotatable bonds is 6. The topological polar surface area (TPSA) is 153 Å². The van der Waals surface area contributed by atoms with Gasteiger partial charge < -0.3 is 10.2 Å². The Bertz CT molecular complexity index is 1080. The van der Waals surface area contributed by atoms with Crippen LogP contribution in [0.15, 0.2) is 63.9 Å². The van der Waals surface area contributed by atoms with Crippen LogP contribution in [0.5, 0.6) is 0 Å². The zero-order valence-electron chi connectivity index (χ0n) is 14.6. The van der Waals surface area contributed by atoms with Crippen molar-refractivity contribution in [3.05, 3.63) is 60.5 Å². The zero-order valence-corrected chi connectivity index (χ0v) is 15.5. The molecule has 0 aliphatic rings. The maximum atomic E-state index is 11.5. The number of hydrogen-bond acceptors (Lipinski definition) is 6. The molecule has 0 saturated heterocycles. The average Bonchev–Trinajstić information content (AvgIpc) is 3.10. The van der Waals surface area contributed by atoms with Crippen molar-refractivity contribution in [1.29, 1.82) is 0 Å². The van der Waals surface area contributed by atoms with Gasteiger partial charge in [-0.3, -0.25) is 5.21 Å². The van der Waals surface area contributed by atoms with Gasteiger partial charge in [-0.1, -0.05) is 42.5 Å². The Labute approximate surface area is 161 Å². The van der Waals surface area contributed by atoms with Crippen LogP contribution in [0.3, 0.4) is 0 Å². The van der Waals surface area contributed by atoms with E-state index in [0.29, 0.717) is 22.1 Å². The molecule has 9 nitrogen and oxygen atoms in total. The molecule has 2 aromatic carbocycles. The van der Waals surface area contributed by atoms with E-state index in [4.69, 9.17) is 15.3 Å². The third kappa shape index (κ3) is 4.36. The zero-order chi connectivity index (χ0) is 20.3. The lowest BCUT2D eigenvalue weighted by Gasteiger charge is -2.09. The number of nitrogens with zero attached hydrogens (tertiary/aromatic N) is 2. The highest BCUT2D eigenvalue weighted by atomic mass is 32.2. The Hall–Kier alpha value is -3.21. The molecular weight excluding hydrogens is 384 g/mol. The fourth-order valence-electron chi connectivity index (χ4n) is 2.57. The van der Waals surface area contributed by atoms with Crippen molar-refractivity contribution in [2.45, 2.75) is 11.3 Å². The standard InChI is InChI=1S/C18H18N4O5S/c19-18(23)22(24)11-10-15-21-16(17(27-15)13-4-2-1-3-5-13)12-6-8-14(9-7-12)28(20,25)26/h1-9,24H,10-11H2,(H2,19,23)(H2,20,25,26). The number of primary amides is 1. The lowest BCUT2D eigenvalue weighted by molar-refractivity contribution is -0.0392. The summed E-state index contributed by atoms with van der Waals surface area (Å²) < 4.78 is 28.7. The van der Waals surface area contributed by atoms with E-state index in [1.165, 1.54) is 12.1 Å². The number of carbonyl (C=O) groups is 1. The largest absolute Gasteiger partial charge is 0.440 e. The highest BCUT2D eigenvalue weighted by Gasteiger charge is 2.18. The normalized spacial score (nSPS) is 11.4. The maximum Gasteiger partial charge on any atom is 0.338 e. The van der Waals surface area contributed by atoms with Crippen LogP contribution in [-0.4, -0.2) is 36.2 Å². The second-order valence-corrected chi connectivity index (χ2v) is 7.49. The smallest absolute Gasteiger partial charge is 0.338 e. The number of oxazole rings is 1. The van der Waals surface area contributed by atoms with E-state index in [0.717, 1.165) is 5.56 Å². The van der Waals surface area contributed by atoms with Crippen LogP contribution in [0.1, 0.15) is 5.89 Å². The van der Waals surface area contributed by atoms with E-state index in [-0.39, 0.29) is 23.8 Å². The van der Waals surface area contributed by atoms with E-state index in [1.54, 1.807) is 12.1 Å². The molecule has 0 aliphatic heterocycles. The van der Waals surface area contributed by atoms with Crippen molar-refractivity contribution < 1.29 is 22.8 Å². The minimum atomic E-state index is -3.81. The number of primary sulfonamides is 1. The van der Waals surface area contributed by atoms with Crippen LogP contribution in [-0.2, 0) is 16.4 Å². The fraction of sp³-hybridized carbons (Fsp3) is 0.111. The molecule has 1 aromatic heterocycles. The van der Waals surface area contributed by atoms with Gasteiger partial charge in [0.1, 0.15) is 5.69 Å². The molecule has 28 heavy (non-hydrogen) atoms. The Kier molecular flexibility index (Phi) is 5.45. The summed E-state index contributed by atoms with van der Waals surface area (Å²) in [6, 6.07) is 14.2. The second kappa shape index (κ2) is 7.80. The first-order chi connectivity index (χ1) is 13.3. The first-order valence-corrected chi connectivity index (χ1v) is 9.74. The number of carbonyl (C=O) groups excluding carboxylic acids is 1. The molecule has 0 spiro atoms. The highest BCUT2D eigenvalue weighted by molar-refractivity contribution is 7.89. The number of sulfonamides is 1. The van der Waals surface area contributed by atoms with Gasteiger partial charge in [-0.2, -0.15) is 0 Å². The van der Waals surface area contributed by atoms with Gasteiger partial charge in [0.25, 0.3) is 0 Å².